The van der Waals surface area contributed by atoms with E-state index in [9.17, 15) is 0 Å². The third-order valence-corrected chi connectivity index (χ3v) is 2.73. The van der Waals surface area contributed by atoms with Gasteiger partial charge in [-0.05, 0) is 0 Å². The quantitative estimate of drug-likeness (QED) is 0.713. The van der Waals surface area contributed by atoms with Crippen LogP contribution in [-0.2, 0) is 18.3 Å². The third-order valence-electron chi connectivity index (χ3n) is 1.36. The molecule has 0 aliphatic carbocycles. The van der Waals surface area contributed by atoms with Gasteiger partial charge in [0.05, 0.1) is 0 Å². The number of benzene rings is 1. The maximum atomic E-state index is 8.57. The van der Waals surface area contributed by atoms with Gasteiger partial charge in [0.2, 0.25) is 0 Å². The summed E-state index contributed by atoms with van der Waals surface area (Å²) in [4.78, 5) is 0. The van der Waals surface area contributed by atoms with E-state index in [1.165, 1.54) is 0 Å². The molecule has 1 rings (SSSR count). The Kier molecular flexibility index (Phi) is 5.37. The molecule has 0 aromatic heterocycles. The Labute approximate surface area is 86.9 Å². The molecule has 1 aromatic rings. The normalized spacial score (nSPS) is 11.0. The fourth-order valence-corrected chi connectivity index (χ4v) is 1.33. The summed E-state index contributed by atoms with van der Waals surface area (Å²) in [5.74, 6) is 0. The number of nitrogens with zero attached hydrogens (tertiary/aromatic N) is 1. The maximum absolute atomic E-state index is 8.57. The molecule has 0 N–H and O–H groups in total. The number of hydrogen-bond donors (Lipinski definition) is 0. The first-order valence-corrected chi connectivity index (χ1v) is 4.83. The van der Waals surface area contributed by atoms with Crippen molar-refractivity contribution in [1.29, 1.82) is 5.26 Å². The van der Waals surface area contributed by atoms with Gasteiger partial charge in [0, 0.05) is 0 Å². The number of halogens is 1. The Balaban J connectivity index is 0.000001000. The van der Waals surface area contributed by atoms with Crippen LogP contribution in [-0.4, -0.2) is 0 Å². The van der Waals surface area contributed by atoms with Crippen LogP contribution in [0.15, 0.2) is 30.3 Å². The molecule has 3 heteroatoms. The van der Waals surface area contributed by atoms with Gasteiger partial charge in [0.1, 0.15) is 0 Å². The van der Waals surface area contributed by atoms with E-state index < -0.39 is 0 Å². The van der Waals surface area contributed by atoms with Gasteiger partial charge in [-0.2, -0.15) is 0 Å². The van der Waals surface area contributed by atoms with Crippen LogP contribution in [0.1, 0.15) is 10.1 Å². The van der Waals surface area contributed by atoms with Gasteiger partial charge < -0.3 is 0 Å². The molecule has 0 amide bonds. The van der Waals surface area contributed by atoms with Gasteiger partial charge in [-0.1, -0.05) is 0 Å². The van der Waals surface area contributed by atoms with Crippen LogP contribution >= 0.6 is 17.0 Å². The van der Waals surface area contributed by atoms with E-state index in [0.29, 0.717) is 0 Å². The summed E-state index contributed by atoms with van der Waals surface area (Å²) in [5, 5.41) is 8.57. The third kappa shape index (κ3) is 3.14. The molecule has 0 aliphatic heterocycles. The van der Waals surface area contributed by atoms with Gasteiger partial charge in [-0.25, -0.2) is 0 Å². The zero-order valence-electron chi connectivity index (χ0n) is 6.03. The summed E-state index contributed by atoms with van der Waals surface area (Å²) < 4.78 is 0.140. The van der Waals surface area contributed by atoms with E-state index in [1.807, 2.05) is 30.3 Å². The van der Waals surface area contributed by atoms with Crippen molar-refractivity contribution in [3.63, 3.8) is 0 Å². The molecule has 0 fully saturated rings. The van der Waals surface area contributed by atoms with Gasteiger partial charge >= 0.3 is 70.0 Å². The zero-order chi connectivity index (χ0) is 7.40. The molecular weight excluding hydrogens is 255 g/mol. The summed E-state index contributed by atoms with van der Waals surface area (Å²) in [5.41, 5.74) is 1.14. The second-order valence-corrected chi connectivity index (χ2v) is 3.81. The van der Waals surface area contributed by atoms with Gasteiger partial charge in [0.15, 0.2) is 0 Å². The monoisotopic (exact) mass is 260 g/mol. The molecule has 1 unspecified atom stereocenters. The Hall–Kier alpha value is -0.187. The molecule has 0 saturated heterocycles. The molecule has 0 heterocycles. The second-order valence-electron chi connectivity index (χ2n) is 2.09. The van der Waals surface area contributed by atoms with Crippen molar-refractivity contribution >= 4 is 17.0 Å². The van der Waals surface area contributed by atoms with Crippen LogP contribution in [0.25, 0.3) is 0 Å². The Morgan fingerprint density at radius 1 is 1.27 bits per heavy atom. The van der Waals surface area contributed by atoms with E-state index in [2.05, 4.69) is 6.07 Å². The summed E-state index contributed by atoms with van der Waals surface area (Å²) in [6, 6.07) is 12.1. The molecule has 1 nitrogen and oxygen atoms in total. The molecule has 1 aromatic carbocycles. The fourth-order valence-electron chi connectivity index (χ4n) is 0.760. The van der Waals surface area contributed by atoms with Crippen molar-refractivity contribution < 1.29 is 18.3 Å². The average molecular weight is 262 g/mol. The van der Waals surface area contributed by atoms with Gasteiger partial charge in [-0.15, -0.1) is 17.0 Å². The van der Waals surface area contributed by atoms with E-state index in [0.717, 1.165) is 23.9 Å². The van der Waals surface area contributed by atoms with Gasteiger partial charge in [0.25, 0.3) is 0 Å². The average Bonchev–Trinajstić information content (AvgIpc) is 2.05. The molecule has 0 radical (unpaired) electrons. The van der Waals surface area contributed by atoms with Crippen LogP contribution in [0.4, 0.5) is 0 Å². The van der Waals surface area contributed by atoms with Crippen molar-refractivity contribution in [3.8, 4) is 6.07 Å². The molecule has 11 heavy (non-hydrogen) atoms. The summed E-state index contributed by atoms with van der Waals surface area (Å²) in [6.45, 7) is 0. The van der Waals surface area contributed by atoms with Crippen molar-refractivity contribution in [2.45, 2.75) is 4.51 Å². The number of rotatable bonds is 1. The SMILES string of the molecule is Br.N#C[CH]([Zn])c1ccccc1. The predicted molar refractivity (Wildman–Crippen MR) is 45.1 cm³/mol. The molecule has 1 atom stereocenters. The molecule has 53 valence electrons. The van der Waals surface area contributed by atoms with Crippen LogP contribution in [0, 0.1) is 11.3 Å². The van der Waals surface area contributed by atoms with Crippen molar-refractivity contribution in [2.75, 3.05) is 0 Å². The van der Waals surface area contributed by atoms with Crippen LogP contribution in [0.2, 0.25) is 0 Å². The first kappa shape index (κ1) is 10.8. The van der Waals surface area contributed by atoms with Crippen molar-refractivity contribution in [1.82, 2.24) is 0 Å². The van der Waals surface area contributed by atoms with Crippen molar-refractivity contribution in [3.05, 3.63) is 35.9 Å². The molecule has 0 bridgehead atoms. The first-order valence-electron chi connectivity index (χ1n) is 3.12. The molecular formula is C8H7BrNZn. The van der Waals surface area contributed by atoms with Crippen molar-refractivity contribution in [2.24, 2.45) is 0 Å². The molecule has 0 spiro atoms. The van der Waals surface area contributed by atoms with E-state index in [1.54, 1.807) is 0 Å². The topological polar surface area (TPSA) is 23.8 Å². The van der Waals surface area contributed by atoms with E-state index in [4.69, 9.17) is 5.26 Å². The Morgan fingerprint density at radius 2 is 1.82 bits per heavy atom. The second kappa shape index (κ2) is 5.46. The fraction of sp³-hybridized carbons (Fsp3) is 0.125. The zero-order valence-corrected chi connectivity index (χ0v) is 10.7. The first-order chi connectivity index (χ1) is 4.84. The summed E-state index contributed by atoms with van der Waals surface area (Å²) in [6.07, 6.45) is 0. The minimum atomic E-state index is 0. The summed E-state index contributed by atoms with van der Waals surface area (Å²) in [7, 11) is 0. The standard InChI is InChI=1S/C8H6N.BrH.Zn/c9-7-6-8-4-2-1-3-5-8;;/h1-6H;1H;. The van der Waals surface area contributed by atoms with Crippen LogP contribution < -0.4 is 0 Å². The Morgan fingerprint density at radius 3 is 2.27 bits per heavy atom. The van der Waals surface area contributed by atoms with E-state index >= 15 is 0 Å². The molecule has 0 saturated carbocycles. The Bertz CT molecular complexity index is 242. The number of hydrogen-bond acceptors (Lipinski definition) is 1. The summed E-state index contributed by atoms with van der Waals surface area (Å²) >= 11 is 1.01. The number of nitriles is 1. The van der Waals surface area contributed by atoms with Crippen LogP contribution in [0.5, 0.6) is 0 Å². The van der Waals surface area contributed by atoms with E-state index in [-0.39, 0.29) is 21.5 Å². The minimum absolute atomic E-state index is 0. The predicted octanol–water partition coefficient (Wildman–Crippen LogP) is 2.38. The van der Waals surface area contributed by atoms with Crippen LogP contribution in [0.3, 0.4) is 0 Å². The van der Waals surface area contributed by atoms with Gasteiger partial charge in [-0.3, -0.25) is 0 Å². The molecule has 0 aliphatic rings.